The molecule has 0 aliphatic rings. The number of hydrogen-bond acceptors (Lipinski definition) is 4. The van der Waals surface area contributed by atoms with Gasteiger partial charge < -0.3 is 5.32 Å². The van der Waals surface area contributed by atoms with Gasteiger partial charge in [0.15, 0.2) is 0 Å². The van der Waals surface area contributed by atoms with Gasteiger partial charge in [-0.25, -0.2) is 4.98 Å². The van der Waals surface area contributed by atoms with Gasteiger partial charge in [0, 0.05) is 34.9 Å². The van der Waals surface area contributed by atoms with E-state index in [9.17, 15) is 0 Å². The largest absolute Gasteiger partial charge is 0.310 e. The van der Waals surface area contributed by atoms with Crippen molar-refractivity contribution in [2.45, 2.75) is 46.6 Å². The Hall–Kier alpha value is -1.26. The lowest BCUT2D eigenvalue weighted by atomic mass is 10.0. The average Bonchev–Trinajstić information content (AvgIpc) is 2.80. The van der Waals surface area contributed by atoms with Crippen LogP contribution < -0.4 is 5.32 Å². The minimum Gasteiger partial charge on any atom is -0.310 e. The number of aromatic nitrogens is 2. The van der Waals surface area contributed by atoms with Crippen LogP contribution >= 0.6 is 11.3 Å². The highest BCUT2D eigenvalue weighted by Gasteiger charge is 2.16. The summed E-state index contributed by atoms with van der Waals surface area (Å²) >= 11 is 1.74. The summed E-state index contributed by atoms with van der Waals surface area (Å²) in [5.41, 5.74) is 4.59. The molecule has 0 aromatic carbocycles. The Morgan fingerprint density at radius 3 is 2.55 bits per heavy atom. The number of pyridine rings is 1. The Labute approximate surface area is 125 Å². The van der Waals surface area contributed by atoms with Gasteiger partial charge in [0.05, 0.1) is 5.01 Å². The second kappa shape index (κ2) is 6.95. The summed E-state index contributed by atoms with van der Waals surface area (Å²) in [6, 6.07) is 4.59. The van der Waals surface area contributed by atoms with Crippen molar-refractivity contribution in [1.82, 2.24) is 15.3 Å². The van der Waals surface area contributed by atoms with E-state index in [0.717, 1.165) is 36.5 Å². The van der Waals surface area contributed by atoms with E-state index in [1.54, 1.807) is 11.3 Å². The summed E-state index contributed by atoms with van der Waals surface area (Å²) in [5.74, 6) is 0. The van der Waals surface area contributed by atoms with E-state index in [2.05, 4.69) is 46.6 Å². The molecule has 1 unspecified atom stereocenters. The van der Waals surface area contributed by atoms with Gasteiger partial charge in [-0.15, -0.1) is 11.3 Å². The monoisotopic (exact) mass is 289 g/mol. The maximum Gasteiger partial charge on any atom is 0.0947 e. The summed E-state index contributed by atoms with van der Waals surface area (Å²) in [6.07, 6.45) is 2.07. The van der Waals surface area contributed by atoms with Crippen molar-refractivity contribution in [2.24, 2.45) is 0 Å². The molecule has 2 aromatic heterocycles. The van der Waals surface area contributed by atoms with Crippen LogP contribution in [0.1, 0.15) is 47.0 Å². The van der Waals surface area contributed by atoms with Gasteiger partial charge in [-0.3, -0.25) is 4.98 Å². The van der Waals surface area contributed by atoms with Crippen LogP contribution in [-0.2, 0) is 6.42 Å². The fourth-order valence-corrected chi connectivity index (χ4v) is 3.17. The number of aryl methyl sites for hydroxylation is 3. The van der Waals surface area contributed by atoms with Crippen LogP contribution in [0.4, 0.5) is 0 Å². The molecule has 0 radical (unpaired) electrons. The molecule has 108 valence electrons. The van der Waals surface area contributed by atoms with Crippen molar-refractivity contribution in [3.63, 3.8) is 0 Å². The highest BCUT2D eigenvalue weighted by Crippen LogP contribution is 2.23. The van der Waals surface area contributed by atoms with Crippen LogP contribution in [0.25, 0.3) is 0 Å². The minimum absolute atomic E-state index is 0.300. The van der Waals surface area contributed by atoms with E-state index < -0.39 is 0 Å². The van der Waals surface area contributed by atoms with Crippen molar-refractivity contribution in [2.75, 3.05) is 6.54 Å². The normalized spacial score (nSPS) is 12.6. The first-order chi connectivity index (χ1) is 9.60. The molecular weight excluding hydrogens is 266 g/mol. The number of nitrogens with one attached hydrogen (secondary N) is 1. The molecule has 1 atom stereocenters. The van der Waals surface area contributed by atoms with Crippen molar-refractivity contribution in [1.29, 1.82) is 0 Å². The molecule has 0 aliphatic heterocycles. The van der Waals surface area contributed by atoms with Crippen LogP contribution in [0, 0.1) is 20.8 Å². The standard InChI is InChI=1S/C16H23N3S/c1-5-8-17-15(9-16-19-12(3)10-20-16)14-7-6-11(2)18-13(14)4/h6-7,10,15,17H,5,8-9H2,1-4H3. The summed E-state index contributed by atoms with van der Waals surface area (Å²) in [6.45, 7) is 9.39. The summed E-state index contributed by atoms with van der Waals surface area (Å²) in [4.78, 5) is 9.18. The Kier molecular flexibility index (Phi) is 5.26. The van der Waals surface area contributed by atoms with E-state index in [-0.39, 0.29) is 0 Å². The zero-order valence-corrected chi connectivity index (χ0v) is 13.5. The third kappa shape index (κ3) is 3.87. The molecule has 20 heavy (non-hydrogen) atoms. The van der Waals surface area contributed by atoms with Crippen molar-refractivity contribution in [3.8, 4) is 0 Å². The summed E-state index contributed by atoms with van der Waals surface area (Å²) in [5, 5.41) is 6.94. The molecule has 0 bridgehead atoms. The van der Waals surface area contributed by atoms with Crippen molar-refractivity contribution < 1.29 is 0 Å². The maximum atomic E-state index is 4.59. The molecule has 0 amide bonds. The molecule has 0 saturated heterocycles. The molecule has 2 heterocycles. The zero-order valence-electron chi connectivity index (χ0n) is 12.7. The number of nitrogens with zero attached hydrogens (tertiary/aromatic N) is 2. The average molecular weight is 289 g/mol. The summed E-state index contributed by atoms with van der Waals surface area (Å²) < 4.78 is 0. The van der Waals surface area contributed by atoms with Crippen LogP contribution in [0.3, 0.4) is 0 Å². The van der Waals surface area contributed by atoms with Crippen molar-refractivity contribution in [3.05, 3.63) is 45.2 Å². The minimum atomic E-state index is 0.300. The molecule has 3 nitrogen and oxygen atoms in total. The second-order valence-corrected chi connectivity index (χ2v) is 6.16. The fraction of sp³-hybridized carbons (Fsp3) is 0.500. The Morgan fingerprint density at radius 1 is 1.15 bits per heavy atom. The van der Waals surface area contributed by atoms with E-state index in [1.165, 1.54) is 10.6 Å². The first kappa shape index (κ1) is 15.1. The molecule has 0 aliphatic carbocycles. The maximum absolute atomic E-state index is 4.59. The van der Waals surface area contributed by atoms with E-state index in [0.29, 0.717) is 6.04 Å². The van der Waals surface area contributed by atoms with Gasteiger partial charge in [0.25, 0.3) is 0 Å². The van der Waals surface area contributed by atoms with Crippen LogP contribution in [0.5, 0.6) is 0 Å². The van der Waals surface area contributed by atoms with Crippen LogP contribution in [-0.4, -0.2) is 16.5 Å². The number of hydrogen-bond donors (Lipinski definition) is 1. The molecule has 0 saturated carbocycles. The van der Waals surface area contributed by atoms with E-state index >= 15 is 0 Å². The van der Waals surface area contributed by atoms with Gasteiger partial charge >= 0.3 is 0 Å². The number of thiazole rings is 1. The fourth-order valence-electron chi connectivity index (χ4n) is 2.35. The Balaban J connectivity index is 2.22. The molecular formula is C16H23N3S. The highest BCUT2D eigenvalue weighted by atomic mass is 32.1. The lowest BCUT2D eigenvalue weighted by Gasteiger charge is -2.19. The highest BCUT2D eigenvalue weighted by molar-refractivity contribution is 7.09. The predicted molar refractivity (Wildman–Crippen MR) is 85.3 cm³/mol. The predicted octanol–water partition coefficient (Wildman–Crippen LogP) is 3.75. The quantitative estimate of drug-likeness (QED) is 0.880. The molecule has 2 rings (SSSR count). The third-order valence-corrected chi connectivity index (χ3v) is 4.32. The topological polar surface area (TPSA) is 37.8 Å². The lowest BCUT2D eigenvalue weighted by Crippen LogP contribution is -2.25. The van der Waals surface area contributed by atoms with Crippen LogP contribution in [0.15, 0.2) is 17.5 Å². The molecule has 0 fully saturated rings. The van der Waals surface area contributed by atoms with E-state index in [4.69, 9.17) is 0 Å². The van der Waals surface area contributed by atoms with Gasteiger partial charge in [0.2, 0.25) is 0 Å². The smallest absolute Gasteiger partial charge is 0.0947 e. The molecule has 0 spiro atoms. The lowest BCUT2D eigenvalue weighted by molar-refractivity contribution is 0.524. The molecule has 1 N–H and O–H groups in total. The van der Waals surface area contributed by atoms with Crippen molar-refractivity contribution >= 4 is 11.3 Å². The SMILES string of the molecule is CCCNC(Cc1nc(C)cs1)c1ccc(C)nc1C. The first-order valence-corrected chi connectivity index (χ1v) is 8.06. The molecule has 2 aromatic rings. The van der Waals surface area contributed by atoms with Crippen LogP contribution in [0.2, 0.25) is 0 Å². The van der Waals surface area contributed by atoms with Gasteiger partial charge in [0.1, 0.15) is 0 Å². The second-order valence-electron chi connectivity index (χ2n) is 5.22. The first-order valence-electron chi connectivity index (χ1n) is 7.18. The Morgan fingerprint density at radius 2 is 1.95 bits per heavy atom. The summed E-state index contributed by atoms with van der Waals surface area (Å²) in [7, 11) is 0. The number of rotatable bonds is 6. The third-order valence-electron chi connectivity index (χ3n) is 3.33. The Bertz CT molecular complexity index is 563. The van der Waals surface area contributed by atoms with Gasteiger partial charge in [-0.05, 0) is 45.4 Å². The van der Waals surface area contributed by atoms with Gasteiger partial charge in [-0.2, -0.15) is 0 Å². The zero-order chi connectivity index (χ0) is 14.5. The van der Waals surface area contributed by atoms with Gasteiger partial charge in [-0.1, -0.05) is 13.0 Å². The van der Waals surface area contributed by atoms with E-state index in [1.807, 2.05) is 13.8 Å². The molecule has 4 heteroatoms.